The second-order valence-electron chi connectivity index (χ2n) is 8.09. The van der Waals surface area contributed by atoms with Gasteiger partial charge < -0.3 is 9.64 Å². The lowest BCUT2D eigenvalue weighted by atomic mass is 9.98. The Morgan fingerprint density at radius 2 is 1.93 bits per heavy atom. The molecule has 0 radical (unpaired) electrons. The molecule has 7 heteroatoms. The molecule has 30 heavy (non-hydrogen) atoms. The molecular formula is C23H21F3N2O2. The van der Waals surface area contributed by atoms with Crippen LogP contribution >= 0.6 is 0 Å². The number of hydrogen-bond donors (Lipinski definition) is 0. The lowest BCUT2D eigenvalue weighted by molar-refractivity contribution is -0.138. The number of hydrogen-bond acceptors (Lipinski definition) is 3. The molecule has 0 aliphatic carbocycles. The standard InChI is InChI=1S/C23H21F3N2O2/c1-22(2)14-28(21(29)17-8-9-19-15(11-17)6-4-10-27-19)13-20(30-22)16-5-3-7-18(12-16)23(24,25)26/h3-12,20H,13-14H2,1-2H3. The number of morpholine rings is 1. The minimum atomic E-state index is -4.44. The number of benzene rings is 2. The van der Waals surface area contributed by atoms with E-state index in [2.05, 4.69) is 4.98 Å². The lowest BCUT2D eigenvalue weighted by Crippen LogP contribution is -2.51. The first-order valence-electron chi connectivity index (χ1n) is 9.61. The van der Waals surface area contributed by atoms with Crippen molar-refractivity contribution in [2.45, 2.75) is 31.7 Å². The van der Waals surface area contributed by atoms with E-state index in [1.54, 1.807) is 41.4 Å². The third-order valence-corrected chi connectivity index (χ3v) is 5.14. The fourth-order valence-electron chi connectivity index (χ4n) is 3.82. The monoisotopic (exact) mass is 414 g/mol. The van der Waals surface area contributed by atoms with Crippen LogP contribution in [0.15, 0.2) is 60.8 Å². The number of pyridine rings is 1. The summed E-state index contributed by atoms with van der Waals surface area (Å²) in [6.07, 6.45) is -3.40. The van der Waals surface area contributed by atoms with Gasteiger partial charge in [-0.25, -0.2) is 0 Å². The van der Waals surface area contributed by atoms with E-state index >= 15 is 0 Å². The van der Waals surface area contributed by atoms with Gasteiger partial charge >= 0.3 is 6.18 Å². The molecule has 1 aromatic heterocycles. The van der Waals surface area contributed by atoms with Crippen molar-refractivity contribution < 1.29 is 22.7 Å². The van der Waals surface area contributed by atoms with Gasteiger partial charge in [0.2, 0.25) is 0 Å². The van der Waals surface area contributed by atoms with Crippen LogP contribution in [0.5, 0.6) is 0 Å². The number of alkyl halides is 3. The molecule has 1 atom stereocenters. The topological polar surface area (TPSA) is 42.4 Å². The Balaban J connectivity index is 1.63. The number of fused-ring (bicyclic) bond motifs is 1. The van der Waals surface area contributed by atoms with Gasteiger partial charge in [0.1, 0.15) is 6.10 Å². The molecule has 1 saturated heterocycles. The van der Waals surface area contributed by atoms with Crippen molar-refractivity contribution >= 4 is 16.8 Å². The van der Waals surface area contributed by atoms with Crippen molar-refractivity contribution in [3.05, 3.63) is 77.5 Å². The van der Waals surface area contributed by atoms with Crippen LogP contribution in [0.25, 0.3) is 10.9 Å². The second kappa shape index (κ2) is 7.40. The molecule has 1 aliphatic heterocycles. The zero-order valence-electron chi connectivity index (χ0n) is 16.6. The largest absolute Gasteiger partial charge is 0.416 e. The molecule has 1 unspecified atom stereocenters. The summed E-state index contributed by atoms with van der Waals surface area (Å²) in [4.78, 5) is 19.1. The normalized spacial score (nSPS) is 19.1. The number of halogens is 3. The SMILES string of the molecule is CC1(C)CN(C(=O)c2ccc3ncccc3c2)CC(c2cccc(C(F)(F)F)c2)O1. The number of carbonyl (C=O) groups excluding carboxylic acids is 1. The molecule has 4 nitrogen and oxygen atoms in total. The van der Waals surface area contributed by atoms with E-state index < -0.39 is 23.4 Å². The number of nitrogens with zero attached hydrogens (tertiary/aromatic N) is 2. The Kier molecular flexibility index (Phi) is 5.02. The van der Waals surface area contributed by atoms with Gasteiger partial charge in [0.15, 0.2) is 0 Å². The van der Waals surface area contributed by atoms with Crippen molar-refractivity contribution in [1.82, 2.24) is 9.88 Å². The third-order valence-electron chi connectivity index (χ3n) is 5.14. The average molecular weight is 414 g/mol. The third kappa shape index (κ3) is 4.16. The zero-order chi connectivity index (χ0) is 21.5. The highest BCUT2D eigenvalue weighted by Gasteiger charge is 2.38. The van der Waals surface area contributed by atoms with Crippen molar-refractivity contribution in [3.63, 3.8) is 0 Å². The molecule has 0 N–H and O–H groups in total. The molecular weight excluding hydrogens is 393 g/mol. The van der Waals surface area contributed by atoms with Gasteiger partial charge in [-0.3, -0.25) is 9.78 Å². The summed E-state index contributed by atoms with van der Waals surface area (Å²) in [5, 5.41) is 0.852. The maximum Gasteiger partial charge on any atom is 0.416 e. The van der Waals surface area contributed by atoms with Crippen LogP contribution in [0.3, 0.4) is 0 Å². The Bertz CT molecular complexity index is 1090. The zero-order valence-corrected chi connectivity index (χ0v) is 16.6. The Morgan fingerprint density at radius 1 is 1.13 bits per heavy atom. The van der Waals surface area contributed by atoms with E-state index in [9.17, 15) is 18.0 Å². The van der Waals surface area contributed by atoms with Gasteiger partial charge in [-0.15, -0.1) is 0 Å². The molecule has 2 heterocycles. The van der Waals surface area contributed by atoms with E-state index in [1.165, 1.54) is 6.07 Å². The van der Waals surface area contributed by atoms with Crippen LogP contribution in [0.1, 0.15) is 41.4 Å². The molecule has 1 amide bonds. The maximum atomic E-state index is 13.2. The molecule has 0 bridgehead atoms. The number of carbonyl (C=O) groups is 1. The minimum Gasteiger partial charge on any atom is -0.364 e. The summed E-state index contributed by atoms with van der Waals surface area (Å²) >= 11 is 0. The number of rotatable bonds is 2. The van der Waals surface area contributed by atoms with Crippen LogP contribution in [0.4, 0.5) is 13.2 Å². The molecule has 0 saturated carbocycles. The van der Waals surface area contributed by atoms with Crippen LogP contribution < -0.4 is 0 Å². The van der Waals surface area contributed by atoms with Crippen molar-refractivity contribution in [3.8, 4) is 0 Å². The first kappa shape index (κ1) is 20.3. The summed E-state index contributed by atoms with van der Waals surface area (Å²) in [7, 11) is 0. The fraction of sp³-hybridized carbons (Fsp3) is 0.304. The molecule has 2 aromatic carbocycles. The highest BCUT2D eigenvalue weighted by atomic mass is 19.4. The van der Waals surface area contributed by atoms with Gasteiger partial charge in [-0.2, -0.15) is 13.2 Å². The predicted octanol–water partition coefficient (Wildman–Crippen LogP) is 5.25. The summed E-state index contributed by atoms with van der Waals surface area (Å²) in [5.41, 5.74) is 0.268. The minimum absolute atomic E-state index is 0.175. The highest BCUT2D eigenvalue weighted by Crippen LogP contribution is 2.35. The summed E-state index contributed by atoms with van der Waals surface area (Å²) in [5.74, 6) is -0.186. The molecule has 3 aromatic rings. The lowest BCUT2D eigenvalue weighted by Gasteiger charge is -2.43. The van der Waals surface area contributed by atoms with Gasteiger partial charge in [0.25, 0.3) is 5.91 Å². The van der Waals surface area contributed by atoms with Crippen LogP contribution in [0, 0.1) is 0 Å². The van der Waals surface area contributed by atoms with Crippen LogP contribution in [0.2, 0.25) is 0 Å². The first-order chi connectivity index (χ1) is 14.1. The highest BCUT2D eigenvalue weighted by molar-refractivity contribution is 5.98. The fourth-order valence-corrected chi connectivity index (χ4v) is 3.82. The summed E-state index contributed by atoms with van der Waals surface area (Å²) < 4.78 is 45.4. The molecule has 156 valence electrons. The quantitative estimate of drug-likeness (QED) is 0.576. The van der Waals surface area contributed by atoms with Crippen molar-refractivity contribution in [2.75, 3.05) is 13.1 Å². The summed E-state index contributed by atoms with van der Waals surface area (Å²) in [6, 6.07) is 14.1. The first-order valence-corrected chi connectivity index (χ1v) is 9.61. The van der Waals surface area contributed by atoms with Gasteiger partial charge in [-0.1, -0.05) is 18.2 Å². The smallest absolute Gasteiger partial charge is 0.364 e. The second-order valence-corrected chi connectivity index (χ2v) is 8.09. The van der Waals surface area contributed by atoms with Gasteiger partial charge in [0.05, 0.1) is 23.2 Å². The predicted molar refractivity (Wildman–Crippen MR) is 107 cm³/mol. The van der Waals surface area contributed by atoms with E-state index in [4.69, 9.17) is 4.74 Å². The van der Waals surface area contributed by atoms with E-state index in [0.29, 0.717) is 17.7 Å². The van der Waals surface area contributed by atoms with Gasteiger partial charge in [0, 0.05) is 23.7 Å². The molecule has 1 aliphatic rings. The van der Waals surface area contributed by atoms with E-state index in [1.807, 2.05) is 19.9 Å². The molecule has 0 spiro atoms. The van der Waals surface area contributed by atoms with Crippen molar-refractivity contribution in [2.24, 2.45) is 0 Å². The van der Waals surface area contributed by atoms with E-state index in [-0.39, 0.29) is 12.5 Å². The van der Waals surface area contributed by atoms with Gasteiger partial charge in [-0.05, 0) is 55.8 Å². The van der Waals surface area contributed by atoms with Crippen LogP contribution in [-0.2, 0) is 10.9 Å². The molecule has 4 rings (SSSR count). The summed E-state index contributed by atoms with van der Waals surface area (Å²) in [6.45, 7) is 4.18. The van der Waals surface area contributed by atoms with E-state index in [0.717, 1.165) is 23.0 Å². The molecule has 1 fully saturated rings. The maximum absolute atomic E-state index is 13.2. The number of ether oxygens (including phenoxy) is 1. The Hall–Kier alpha value is -2.93. The van der Waals surface area contributed by atoms with Crippen molar-refractivity contribution in [1.29, 1.82) is 0 Å². The number of amides is 1. The van der Waals surface area contributed by atoms with Crippen LogP contribution in [-0.4, -0.2) is 34.5 Å². The average Bonchev–Trinajstić information content (AvgIpc) is 2.71. The number of aromatic nitrogens is 1. The Labute approximate surface area is 172 Å². The Morgan fingerprint density at radius 3 is 2.70 bits per heavy atom.